The summed E-state index contributed by atoms with van der Waals surface area (Å²) in [6.45, 7) is 13.8. The van der Waals surface area contributed by atoms with Gasteiger partial charge in [0, 0.05) is 50.6 Å². The molecule has 29 heavy (non-hydrogen) atoms. The minimum absolute atomic E-state index is 0.0107. The fourth-order valence-electron chi connectivity index (χ4n) is 4.03. The van der Waals surface area contributed by atoms with E-state index < -0.39 is 0 Å². The number of hydrogen-bond donors (Lipinski definition) is 1. The second-order valence-corrected chi connectivity index (χ2v) is 7.70. The number of urea groups is 1. The van der Waals surface area contributed by atoms with Crippen molar-refractivity contribution in [1.82, 2.24) is 10.2 Å². The van der Waals surface area contributed by atoms with Gasteiger partial charge in [-0.2, -0.15) is 0 Å². The number of nitrogens with zero attached hydrogens (tertiary/aromatic N) is 3. The third-order valence-electron chi connectivity index (χ3n) is 5.86. The summed E-state index contributed by atoms with van der Waals surface area (Å²) >= 11 is 0. The molecular weight excluding hydrogens is 360 g/mol. The smallest absolute Gasteiger partial charge is 0.317 e. The van der Waals surface area contributed by atoms with Crippen LogP contribution in [0.3, 0.4) is 0 Å². The predicted molar refractivity (Wildman–Crippen MR) is 122 cm³/mol. The Labute approximate surface area is 175 Å². The molecule has 5 heteroatoms. The molecule has 2 aromatic carbocycles. The first kappa shape index (κ1) is 21.0. The Bertz CT molecular complexity index is 796. The van der Waals surface area contributed by atoms with Crippen molar-refractivity contribution in [3.8, 4) is 0 Å². The molecule has 1 saturated heterocycles. The molecule has 1 atom stereocenters. The fourth-order valence-corrected chi connectivity index (χ4v) is 4.03. The molecule has 1 aliphatic rings. The van der Waals surface area contributed by atoms with Crippen LogP contribution in [0, 0.1) is 6.92 Å². The van der Waals surface area contributed by atoms with Gasteiger partial charge in [-0.15, -0.1) is 0 Å². The minimum Gasteiger partial charge on any atom is -0.372 e. The fraction of sp³-hybridized carbons (Fsp3) is 0.458. The van der Waals surface area contributed by atoms with E-state index in [9.17, 15) is 4.79 Å². The number of rotatable bonds is 6. The highest BCUT2D eigenvalue weighted by atomic mass is 16.2. The van der Waals surface area contributed by atoms with E-state index in [1.165, 1.54) is 16.9 Å². The Hall–Kier alpha value is -2.69. The quantitative estimate of drug-likeness (QED) is 0.788. The molecule has 156 valence electrons. The van der Waals surface area contributed by atoms with Gasteiger partial charge < -0.3 is 20.0 Å². The van der Waals surface area contributed by atoms with Gasteiger partial charge >= 0.3 is 6.03 Å². The Morgan fingerprint density at radius 1 is 1.03 bits per heavy atom. The first-order chi connectivity index (χ1) is 14.0. The zero-order valence-corrected chi connectivity index (χ0v) is 18.2. The summed E-state index contributed by atoms with van der Waals surface area (Å²) in [6.07, 6.45) is 0. The molecule has 5 nitrogen and oxygen atoms in total. The lowest BCUT2D eigenvalue weighted by Crippen LogP contribution is -2.52. The molecule has 0 bridgehead atoms. The summed E-state index contributed by atoms with van der Waals surface area (Å²) < 4.78 is 0. The van der Waals surface area contributed by atoms with E-state index in [-0.39, 0.29) is 12.1 Å². The highest BCUT2D eigenvalue weighted by Gasteiger charge is 2.23. The van der Waals surface area contributed by atoms with Gasteiger partial charge in [0.15, 0.2) is 0 Å². The lowest BCUT2D eigenvalue weighted by molar-refractivity contribution is 0.191. The van der Waals surface area contributed by atoms with Gasteiger partial charge in [-0.25, -0.2) is 4.79 Å². The van der Waals surface area contributed by atoms with Crippen molar-refractivity contribution in [3.05, 3.63) is 59.7 Å². The third kappa shape index (κ3) is 5.03. The van der Waals surface area contributed by atoms with Crippen molar-refractivity contribution in [1.29, 1.82) is 0 Å². The van der Waals surface area contributed by atoms with Crippen LogP contribution in [0.25, 0.3) is 0 Å². The van der Waals surface area contributed by atoms with Crippen LogP contribution in [0.5, 0.6) is 0 Å². The number of aryl methyl sites for hydroxylation is 1. The van der Waals surface area contributed by atoms with E-state index >= 15 is 0 Å². The number of benzene rings is 2. The molecule has 0 saturated carbocycles. The summed E-state index contributed by atoms with van der Waals surface area (Å²) in [5.74, 6) is 0. The molecule has 0 spiro atoms. The molecule has 0 aliphatic carbocycles. The van der Waals surface area contributed by atoms with Crippen LogP contribution >= 0.6 is 0 Å². The molecule has 1 N–H and O–H groups in total. The van der Waals surface area contributed by atoms with Crippen molar-refractivity contribution in [2.24, 2.45) is 0 Å². The monoisotopic (exact) mass is 394 g/mol. The normalized spacial score (nSPS) is 15.2. The van der Waals surface area contributed by atoms with Crippen LogP contribution in [0.4, 0.5) is 16.2 Å². The summed E-state index contributed by atoms with van der Waals surface area (Å²) in [5, 5.41) is 3.13. The maximum Gasteiger partial charge on any atom is 0.317 e. The predicted octanol–water partition coefficient (Wildman–Crippen LogP) is 4.43. The first-order valence-corrected chi connectivity index (χ1v) is 10.7. The van der Waals surface area contributed by atoms with E-state index in [2.05, 4.69) is 54.1 Å². The van der Waals surface area contributed by atoms with Crippen molar-refractivity contribution < 1.29 is 4.79 Å². The average molecular weight is 395 g/mol. The molecule has 2 aromatic rings. The molecule has 0 aromatic heterocycles. The molecule has 2 amide bonds. The average Bonchev–Trinajstić information content (AvgIpc) is 2.75. The summed E-state index contributed by atoms with van der Waals surface area (Å²) in [6, 6.07) is 16.9. The lowest BCUT2D eigenvalue weighted by Gasteiger charge is -2.37. The van der Waals surface area contributed by atoms with Crippen molar-refractivity contribution in [2.75, 3.05) is 49.1 Å². The molecule has 1 aliphatic heterocycles. The summed E-state index contributed by atoms with van der Waals surface area (Å²) in [4.78, 5) is 19.4. The van der Waals surface area contributed by atoms with Crippen molar-refractivity contribution >= 4 is 17.4 Å². The van der Waals surface area contributed by atoms with Crippen LogP contribution in [0.15, 0.2) is 48.5 Å². The zero-order chi connectivity index (χ0) is 20.8. The third-order valence-corrected chi connectivity index (χ3v) is 5.86. The SMILES string of the molecule is CCN(CC)c1ccc(N2CCN(C(=O)NC(C)c3ccccc3)CC2)c(C)c1. The Morgan fingerprint density at radius 3 is 2.28 bits per heavy atom. The Morgan fingerprint density at radius 2 is 1.69 bits per heavy atom. The van der Waals surface area contributed by atoms with Crippen LogP contribution < -0.4 is 15.1 Å². The minimum atomic E-state index is 0.0107. The van der Waals surface area contributed by atoms with E-state index in [4.69, 9.17) is 0 Å². The lowest BCUT2D eigenvalue weighted by atomic mass is 10.1. The Kier molecular flexibility index (Phi) is 7.02. The van der Waals surface area contributed by atoms with Gasteiger partial charge in [-0.1, -0.05) is 30.3 Å². The second-order valence-electron chi connectivity index (χ2n) is 7.70. The molecular formula is C24H34N4O. The number of carbonyl (C=O) groups excluding carboxylic acids is 1. The van der Waals surface area contributed by atoms with Crippen LogP contribution in [-0.2, 0) is 0 Å². The first-order valence-electron chi connectivity index (χ1n) is 10.7. The van der Waals surface area contributed by atoms with E-state index in [1.807, 2.05) is 42.2 Å². The zero-order valence-electron chi connectivity index (χ0n) is 18.2. The number of piperazine rings is 1. The van der Waals surface area contributed by atoms with Gasteiger partial charge in [-0.05, 0) is 57.0 Å². The largest absolute Gasteiger partial charge is 0.372 e. The van der Waals surface area contributed by atoms with Gasteiger partial charge in [0.2, 0.25) is 0 Å². The molecule has 1 fully saturated rings. The molecule has 1 unspecified atom stereocenters. The maximum atomic E-state index is 12.7. The number of anilines is 2. The topological polar surface area (TPSA) is 38.8 Å². The summed E-state index contributed by atoms with van der Waals surface area (Å²) in [7, 11) is 0. The Balaban J connectivity index is 1.57. The summed E-state index contributed by atoms with van der Waals surface area (Å²) in [5.41, 5.74) is 4.98. The second kappa shape index (κ2) is 9.68. The maximum absolute atomic E-state index is 12.7. The highest BCUT2D eigenvalue weighted by Crippen LogP contribution is 2.26. The van der Waals surface area contributed by atoms with Crippen LogP contribution in [0.1, 0.15) is 37.9 Å². The van der Waals surface area contributed by atoms with Crippen molar-refractivity contribution in [3.63, 3.8) is 0 Å². The number of hydrogen-bond acceptors (Lipinski definition) is 3. The molecule has 1 heterocycles. The number of nitrogens with one attached hydrogen (secondary N) is 1. The van der Waals surface area contributed by atoms with Gasteiger partial charge in [-0.3, -0.25) is 0 Å². The number of carbonyl (C=O) groups is 1. The molecule has 3 rings (SSSR count). The van der Waals surface area contributed by atoms with Crippen LogP contribution in [-0.4, -0.2) is 50.2 Å². The highest BCUT2D eigenvalue weighted by molar-refractivity contribution is 5.75. The van der Waals surface area contributed by atoms with Gasteiger partial charge in [0.25, 0.3) is 0 Å². The van der Waals surface area contributed by atoms with E-state index in [1.54, 1.807) is 0 Å². The van der Waals surface area contributed by atoms with Gasteiger partial charge in [0.05, 0.1) is 6.04 Å². The molecule has 0 radical (unpaired) electrons. The van der Waals surface area contributed by atoms with E-state index in [0.717, 1.165) is 44.8 Å². The van der Waals surface area contributed by atoms with E-state index in [0.29, 0.717) is 0 Å². The van der Waals surface area contributed by atoms with Crippen LogP contribution in [0.2, 0.25) is 0 Å². The standard InChI is InChI=1S/C24H34N4O/c1-5-26(6-2)22-12-13-23(19(3)18-22)27-14-16-28(17-15-27)24(29)25-20(4)21-10-8-7-9-11-21/h7-13,18,20H,5-6,14-17H2,1-4H3,(H,25,29). The number of amides is 2. The van der Waals surface area contributed by atoms with Gasteiger partial charge in [0.1, 0.15) is 0 Å². The van der Waals surface area contributed by atoms with Crippen molar-refractivity contribution in [2.45, 2.75) is 33.7 Å².